The van der Waals surface area contributed by atoms with Gasteiger partial charge in [-0.1, -0.05) is 0 Å². The van der Waals surface area contributed by atoms with E-state index in [9.17, 15) is 9.59 Å². The van der Waals surface area contributed by atoms with Crippen LogP contribution in [-0.4, -0.2) is 67.9 Å². The van der Waals surface area contributed by atoms with Gasteiger partial charge < -0.3 is 0 Å². The Morgan fingerprint density at radius 2 is 2.05 bits per heavy atom. The van der Waals surface area contributed by atoms with Gasteiger partial charge in [-0.15, -0.1) is 0 Å². The summed E-state index contributed by atoms with van der Waals surface area (Å²) in [5.41, 5.74) is 0.989. The van der Waals surface area contributed by atoms with E-state index in [1.54, 1.807) is 11.8 Å². The van der Waals surface area contributed by atoms with Crippen molar-refractivity contribution in [2.24, 2.45) is 0 Å². The fourth-order valence-electron chi connectivity index (χ4n) is 2.40. The predicted molar refractivity (Wildman–Crippen MR) is 82.3 cm³/mol. The van der Waals surface area contributed by atoms with Crippen molar-refractivity contribution in [3.63, 3.8) is 0 Å². The molecule has 0 aliphatic carbocycles. The van der Waals surface area contributed by atoms with Crippen molar-refractivity contribution in [3.8, 4) is 0 Å². The Kier molecular flexibility index (Phi) is 6.81. The summed E-state index contributed by atoms with van der Waals surface area (Å²) in [6.07, 6.45) is 0.250. The van der Waals surface area contributed by atoms with Gasteiger partial charge in [0.25, 0.3) is 0 Å². The third-order valence-electron chi connectivity index (χ3n) is 3.49. The second kappa shape index (κ2) is 8.62. The molecule has 1 aromatic carbocycles. The molecule has 5 nitrogen and oxygen atoms in total. The number of ether oxygens (including phenoxy) is 2. The van der Waals surface area contributed by atoms with Crippen molar-refractivity contribution < 1.29 is 19.1 Å². The number of esters is 1. The van der Waals surface area contributed by atoms with Gasteiger partial charge in [-0.25, -0.2) is 0 Å². The molecule has 1 amide bonds. The Bertz CT molecular complexity index is 508. The number of hydrogen-bond donors (Lipinski definition) is 0. The molecule has 2 atom stereocenters. The van der Waals surface area contributed by atoms with E-state index >= 15 is 0 Å². The van der Waals surface area contributed by atoms with Crippen molar-refractivity contribution >= 4 is 37.6 Å². The Morgan fingerprint density at radius 1 is 1.32 bits per heavy atom. The molecule has 0 spiro atoms. The molecular weight excluding hydrogens is 477 g/mol. The van der Waals surface area contributed by atoms with Crippen molar-refractivity contribution in [3.05, 3.63) is 35.9 Å². The molecule has 0 bridgehead atoms. The summed E-state index contributed by atoms with van der Waals surface area (Å²) in [4.78, 5) is 25.9. The Labute approximate surface area is 146 Å². The van der Waals surface area contributed by atoms with Crippen LogP contribution in [0.2, 0.25) is 3.98 Å². The summed E-state index contributed by atoms with van der Waals surface area (Å²) in [6.45, 7) is 2.99. The average Bonchev–Trinajstić information content (AvgIpc) is 2.53. The number of rotatable bonds is 8. The van der Waals surface area contributed by atoms with Crippen molar-refractivity contribution in [1.82, 2.24) is 4.90 Å². The number of β-lactam (4-membered cyclic amide) rings is 1. The number of likely N-dealkylation sites (tertiary alicyclic amines) is 1. The van der Waals surface area contributed by atoms with Crippen LogP contribution in [0.3, 0.4) is 0 Å². The summed E-state index contributed by atoms with van der Waals surface area (Å²) >= 11 is 1.12. The molecular formula is C16H20NO4Pb. The van der Waals surface area contributed by atoms with E-state index in [1.165, 1.54) is 0 Å². The number of hydrogen-bond acceptors (Lipinski definition) is 4. The minimum atomic E-state index is -0.684. The van der Waals surface area contributed by atoms with Gasteiger partial charge in [-0.3, -0.25) is 0 Å². The van der Waals surface area contributed by atoms with Gasteiger partial charge in [0.15, 0.2) is 0 Å². The molecule has 2 unspecified atom stereocenters. The molecule has 1 saturated heterocycles. The van der Waals surface area contributed by atoms with E-state index < -0.39 is 12.1 Å². The summed E-state index contributed by atoms with van der Waals surface area (Å²) in [7, 11) is 0. The van der Waals surface area contributed by atoms with Crippen LogP contribution in [0, 0.1) is 0 Å². The molecule has 1 aliphatic rings. The summed E-state index contributed by atoms with van der Waals surface area (Å²) in [6, 6.07) is 9.00. The first-order valence-corrected chi connectivity index (χ1v) is 10.2. The fourth-order valence-corrected chi connectivity index (χ4v) is 2.96. The van der Waals surface area contributed by atoms with Crippen LogP contribution < -0.4 is 0 Å². The third-order valence-corrected chi connectivity index (χ3v) is 4.87. The number of amides is 1. The van der Waals surface area contributed by atoms with E-state index in [0.717, 1.165) is 41.7 Å². The molecule has 1 fully saturated rings. The zero-order valence-electron chi connectivity index (χ0n) is 12.7. The van der Waals surface area contributed by atoms with Crippen LogP contribution in [0.15, 0.2) is 30.3 Å². The zero-order chi connectivity index (χ0) is 15.9. The monoisotopic (exact) mass is 498 g/mol. The molecule has 3 radical (unpaired) electrons. The Hall–Kier alpha value is -0.958. The molecule has 1 aliphatic heterocycles. The molecule has 2 rings (SSSR count). The number of benzene rings is 1. The summed E-state index contributed by atoms with van der Waals surface area (Å²) in [5.74, 6) is -0.510. The molecule has 1 heterocycles. The minimum absolute atomic E-state index is 0.129. The maximum atomic E-state index is 12.3. The fraction of sp³-hybridized carbons (Fsp3) is 0.500. The van der Waals surface area contributed by atoms with Crippen molar-refractivity contribution in [2.75, 3.05) is 13.2 Å². The standard InChI is InChI=1S/C16H20NO4.Pb/c1-3-10-21-14-13(16(19)20-4-2)17(15(14)18)11-12-8-6-5-7-9-12;/h5-9,13-14H,1,3-4,10-11H2,2H3;. The van der Waals surface area contributed by atoms with Crippen LogP contribution in [0.1, 0.15) is 18.9 Å². The van der Waals surface area contributed by atoms with Crippen LogP contribution in [0.25, 0.3) is 0 Å². The van der Waals surface area contributed by atoms with Crippen LogP contribution in [-0.2, 0) is 25.6 Å². The van der Waals surface area contributed by atoms with E-state index in [4.69, 9.17) is 9.47 Å². The zero-order valence-corrected chi connectivity index (χ0v) is 16.5. The molecule has 6 heteroatoms. The van der Waals surface area contributed by atoms with Gasteiger partial charge in [0, 0.05) is 0 Å². The number of carbonyl (C=O) groups excluding carboxylic acids is 2. The molecule has 0 N–H and O–H groups in total. The Morgan fingerprint density at radius 3 is 2.68 bits per heavy atom. The summed E-state index contributed by atoms with van der Waals surface area (Å²) in [5, 5.41) is 0. The van der Waals surface area contributed by atoms with Crippen LogP contribution in [0.5, 0.6) is 0 Å². The quantitative estimate of drug-likeness (QED) is 0.235. The van der Waals surface area contributed by atoms with E-state index in [-0.39, 0.29) is 11.9 Å². The van der Waals surface area contributed by atoms with Gasteiger partial charge >= 0.3 is 147 Å². The SMILES string of the molecule is CCOC(=O)C1C(OCC[CH2][Pb])C(=O)N1Cc1ccccc1. The topological polar surface area (TPSA) is 55.8 Å². The van der Waals surface area contributed by atoms with Crippen LogP contribution in [0.4, 0.5) is 0 Å². The first-order valence-electron chi connectivity index (χ1n) is 7.46. The molecule has 0 saturated carbocycles. The maximum absolute atomic E-state index is 12.3. The second-order valence-electron chi connectivity index (χ2n) is 5.04. The Balaban J connectivity index is 2.04. The first kappa shape index (κ1) is 17.4. The van der Waals surface area contributed by atoms with Crippen molar-refractivity contribution in [2.45, 2.75) is 36.0 Å². The third kappa shape index (κ3) is 4.07. The first-order chi connectivity index (χ1) is 10.7. The van der Waals surface area contributed by atoms with E-state index in [2.05, 4.69) is 0 Å². The second-order valence-corrected chi connectivity index (χ2v) is 6.99. The van der Waals surface area contributed by atoms with E-state index in [0.29, 0.717) is 19.8 Å². The van der Waals surface area contributed by atoms with E-state index in [1.807, 2.05) is 30.3 Å². The number of nitrogens with zero attached hydrogens (tertiary/aromatic N) is 1. The van der Waals surface area contributed by atoms with Gasteiger partial charge in [0.1, 0.15) is 0 Å². The normalized spacial score (nSPS) is 20.6. The average molecular weight is 498 g/mol. The molecule has 117 valence electrons. The number of carbonyl (C=O) groups is 2. The molecule has 1 aromatic rings. The van der Waals surface area contributed by atoms with Gasteiger partial charge in [0.05, 0.1) is 0 Å². The van der Waals surface area contributed by atoms with Gasteiger partial charge in [0.2, 0.25) is 0 Å². The van der Waals surface area contributed by atoms with Crippen LogP contribution >= 0.6 is 0 Å². The summed E-state index contributed by atoms with van der Waals surface area (Å²) < 4.78 is 11.8. The van der Waals surface area contributed by atoms with Crippen molar-refractivity contribution in [1.29, 1.82) is 0 Å². The van der Waals surface area contributed by atoms with Gasteiger partial charge in [-0.05, 0) is 0 Å². The molecule has 22 heavy (non-hydrogen) atoms. The van der Waals surface area contributed by atoms with Gasteiger partial charge in [-0.2, -0.15) is 0 Å². The predicted octanol–water partition coefficient (Wildman–Crippen LogP) is 1.32. The molecule has 0 aromatic heterocycles.